The van der Waals surface area contributed by atoms with Gasteiger partial charge in [0.1, 0.15) is 0 Å². The van der Waals surface area contributed by atoms with Crippen molar-refractivity contribution < 1.29 is 9.53 Å². The Balaban J connectivity index is 2.51. The van der Waals surface area contributed by atoms with Crippen molar-refractivity contribution in [2.45, 2.75) is 19.1 Å². The Labute approximate surface area is 97.7 Å². The van der Waals surface area contributed by atoms with Crippen LogP contribution in [0.25, 0.3) is 0 Å². The number of thioether (sulfide) groups is 1. The van der Waals surface area contributed by atoms with E-state index in [0.717, 1.165) is 5.33 Å². The van der Waals surface area contributed by atoms with E-state index in [2.05, 4.69) is 15.9 Å². The number of carbonyl (C=O) groups excluding carboxylic acids is 1. The first-order valence-corrected chi connectivity index (χ1v) is 7.16. The van der Waals surface area contributed by atoms with Crippen LogP contribution < -0.4 is 0 Å². The van der Waals surface area contributed by atoms with Crippen molar-refractivity contribution in [1.29, 1.82) is 0 Å². The highest BCUT2D eigenvalue weighted by Crippen LogP contribution is 2.14. The Morgan fingerprint density at radius 2 is 2.43 bits per heavy atom. The SMILES string of the molecule is CSCC(=O)N1CC(CBr)OCC1C. The van der Waals surface area contributed by atoms with Gasteiger partial charge in [-0.2, -0.15) is 11.8 Å². The third-order valence-electron chi connectivity index (χ3n) is 2.27. The Bertz CT molecular complexity index is 203. The number of alkyl halides is 1. The number of ether oxygens (including phenoxy) is 1. The molecule has 5 heteroatoms. The van der Waals surface area contributed by atoms with Crippen LogP contribution in [0.3, 0.4) is 0 Å². The van der Waals surface area contributed by atoms with Crippen LogP contribution in [0.5, 0.6) is 0 Å². The molecule has 1 aliphatic heterocycles. The summed E-state index contributed by atoms with van der Waals surface area (Å²) in [5, 5.41) is 0.794. The highest BCUT2D eigenvalue weighted by atomic mass is 79.9. The molecule has 2 unspecified atom stereocenters. The van der Waals surface area contributed by atoms with Crippen LogP contribution >= 0.6 is 27.7 Å². The maximum Gasteiger partial charge on any atom is 0.232 e. The Hall–Kier alpha value is 0.260. The summed E-state index contributed by atoms with van der Waals surface area (Å²) in [6.07, 6.45) is 2.10. The molecule has 0 aromatic carbocycles. The van der Waals surface area contributed by atoms with Gasteiger partial charge in [-0.05, 0) is 13.2 Å². The smallest absolute Gasteiger partial charge is 0.232 e. The van der Waals surface area contributed by atoms with Gasteiger partial charge in [0.25, 0.3) is 0 Å². The van der Waals surface area contributed by atoms with Gasteiger partial charge in [0, 0.05) is 11.9 Å². The number of nitrogens with zero attached hydrogens (tertiary/aromatic N) is 1. The monoisotopic (exact) mass is 281 g/mol. The fraction of sp³-hybridized carbons (Fsp3) is 0.889. The van der Waals surface area contributed by atoms with Crippen LogP contribution in [0.2, 0.25) is 0 Å². The molecule has 1 saturated heterocycles. The number of carbonyl (C=O) groups is 1. The second-order valence-corrected chi connectivity index (χ2v) is 4.95. The molecule has 0 saturated carbocycles. The first kappa shape index (κ1) is 12.3. The summed E-state index contributed by atoms with van der Waals surface area (Å²) in [4.78, 5) is 13.6. The van der Waals surface area contributed by atoms with E-state index >= 15 is 0 Å². The summed E-state index contributed by atoms with van der Waals surface area (Å²) in [6, 6.07) is 0.213. The number of hydrogen-bond acceptors (Lipinski definition) is 3. The molecule has 2 atom stereocenters. The summed E-state index contributed by atoms with van der Waals surface area (Å²) in [5.41, 5.74) is 0. The zero-order valence-corrected chi connectivity index (χ0v) is 10.9. The minimum absolute atomic E-state index is 0.150. The van der Waals surface area contributed by atoms with Crippen molar-refractivity contribution in [1.82, 2.24) is 4.90 Å². The van der Waals surface area contributed by atoms with Crippen LogP contribution in [-0.4, -0.2) is 53.4 Å². The first-order valence-electron chi connectivity index (χ1n) is 4.65. The normalized spacial score (nSPS) is 27.8. The molecule has 1 aliphatic rings. The van der Waals surface area contributed by atoms with Gasteiger partial charge >= 0.3 is 0 Å². The predicted molar refractivity (Wildman–Crippen MR) is 63.1 cm³/mol. The lowest BCUT2D eigenvalue weighted by molar-refractivity contribution is -0.139. The molecule has 0 aromatic rings. The van der Waals surface area contributed by atoms with E-state index in [1.54, 1.807) is 11.8 Å². The molecule has 0 N–H and O–H groups in total. The minimum Gasteiger partial charge on any atom is -0.373 e. The van der Waals surface area contributed by atoms with E-state index in [-0.39, 0.29) is 18.1 Å². The van der Waals surface area contributed by atoms with Crippen LogP contribution in [0.4, 0.5) is 0 Å². The average molecular weight is 282 g/mol. The molecular formula is C9H16BrNO2S. The molecule has 1 heterocycles. The Kier molecular flexibility index (Phi) is 5.26. The standard InChI is InChI=1S/C9H16BrNO2S/c1-7-5-13-8(3-10)4-11(7)9(12)6-14-2/h7-8H,3-6H2,1-2H3. The lowest BCUT2D eigenvalue weighted by atomic mass is 10.2. The molecule has 0 bridgehead atoms. The van der Waals surface area contributed by atoms with Gasteiger partial charge in [-0.1, -0.05) is 15.9 Å². The van der Waals surface area contributed by atoms with E-state index < -0.39 is 0 Å². The lowest BCUT2D eigenvalue weighted by Gasteiger charge is -2.37. The number of hydrogen-bond donors (Lipinski definition) is 0. The zero-order chi connectivity index (χ0) is 10.6. The summed E-state index contributed by atoms with van der Waals surface area (Å²) >= 11 is 4.95. The zero-order valence-electron chi connectivity index (χ0n) is 8.53. The summed E-state index contributed by atoms with van der Waals surface area (Å²) in [6.45, 7) is 3.39. The van der Waals surface area contributed by atoms with Gasteiger partial charge in [0.05, 0.1) is 24.5 Å². The molecule has 0 radical (unpaired) electrons. The van der Waals surface area contributed by atoms with Crippen LogP contribution in [0.1, 0.15) is 6.92 Å². The molecule has 14 heavy (non-hydrogen) atoms. The van der Waals surface area contributed by atoms with Crippen molar-refractivity contribution >= 4 is 33.6 Å². The molecule has 1 amide bonds. The highest BCUT2D eigenvalue weighted by molar-refractivity contribution is 9.09. The summed E-state index contributed by atoms with van der Waals surface area (Å²) in [5.74, 6) is 0.790. The number of halogens is 1. The highest BCUT2D eigenvalue weighted by Gasteiger charge is 2.28. The first-order chi connectivity index (χ1) is 6.69. The molecule has 0 spiro atoms. The van der Waals surface area contributed by atoms with Crippen molar-refractivity contribution in [3.05, 3.63) is 0 Å². The van der Waals surface area contributed by atoms with E-state index in [4.69, 9.17) is 4.74 Å². The molecule has 1 fully saturated rings. The fourth-order valence-corrected chi connectivity index (χ4v) is 2.27. The quantitative estimate of drug-likeness (QED) is 0.732. The largest absolute Gasteiger partial charge is 0.373 e. The van der Waals surface area contributed by atoms with Gasteiger partial charge in [-0.15, -0.1) is 0 Å². The third-order valence-corrected chi connectivity index (χ3v) is 3.52. The third kappa shape index (κ3) is 3.14. The Morgan fingerprint density at radius 3 is 3.00 bits per heavy atom. The molecule has 0 aliphatic carbocycles. The average Bonchev–Trinajstić information content (AvgIpc) is 2.19. The maximum absolute atomic E-state index is 11.7. The van der Waals surface area contributed by atoms with E-state index in [1.807, 2.05) is 18.1 Å². The molecule has 3 nitrogen and oxygen atoms in total. The van der Waals surface area contributed by atoms with E-state index in [1.165, 1.54) is 0 Å². The van der Waals surface area contributed by atoms with Crippen LogP contribution in [-0.2, 0) is 9.53 Å². The van der Waals surface area contributed by atoms with Crippen molar-refractivity contribution in [2.75, 3.05) is 30.5 Å². The predicted octanol–water partition coefficient (Wildman–Crippen LogP) is 1.36. The van der Waals surface area contributed by atoms with Gasteiger partial charge in [-0.25, -0.2) is 0 Å². The lowest BCUT2D eigenvalue weighted by Crippen LogP contribution is -2.52. The number of amides is 1. The van der Waals surface area contributed by atoms with Crippen molar-refractivity contribution in [3.63, 3.8) is 0 Å². The van der Waals surface area contributed by atoms with Crippen LogP contribution in [0, 0.1) is 0 Å². The Morgan fingerprint density at radius 1 is 1.71 bits per heavy atom. The van der Waals surface area contributed by atoms with E-state index in [9.17, 15) is 4.79 Å². The second kappa shape index (κ2) is 5.98. The maximum atomic E-state index is 11.7. The van der Waals surface area contributed by atoms with Crippen molar-refractivity contribution in [2.24, 2.45) is 0 Å². The van der Waals surface area contributed by atoms with Gasteiger partial charge < -0.3 is 9.64 Å². The van der Waals surface area contributed by atoms with Gasteiger partial charge in [-0.3, -0.25) is 4.79 Å². The van der Waals surface area contributed by atoms with Crippen molar-refractivity contribution in [3.8, 4) is 0 Å². The summed E-state index contributed by atoms with van der Waals surface area (Å²) in [7, 11) is 0. The molecular weight excluding hydrogens is 266 g/mol. The van der Waals surface area contributed by atoms with E-state index in [0.29, 0.717) is 18.9 Å². The minimum atomic E-state index is 0.150. The van der Waals surface area contributed by atoms with Gasteiger partial charge in [0.15, 0.2) is 0 Å². The second-order valence-electron chi connectivity index (χ2n) is 3.44. The molecule has 1 rings (SSSR count). The number of rotatable bonds is 3. The summed E-state index contributed by atoms with van der Waals surface area (Å²) < 4.78 is 5.55. The fourth-order valence-electron chi connectivity index (χ4n) is 1.46. The number of morpholine rings is 1. The molecule has 82 valence electrons. The van der Waals surface area contributed by atoms with Crippen LogP contribution in [0.15, 0.2) is 0 Å². The molecule has 0 aromatic heterocycles. The topological polar surface area (TPSA) is 29.5 Å². The van der Waals surface area contributed by atoms with Gasteiger partial charge in [0.2, 0.25) is 5.91 Å².